The molecule has 3 nitrogen and oxygen atoms in total. The Labute approximate surface area is 91.0 Å². The van der Waals surface area contributed by atoms with Gasteiger partial charge in [-0.05, 0) is 12.1 Å². The molecule has 1 rings (SSSR count). The van der Waals surface area contributed by atoms with Gasteiger partial charge < -0.3 is 5.32 Å². The van der Waals surface area contributed by atoms with Crippen LogP contribution in [-0.2, 0) is 4.79 Å². The van der Waals surface area contributed by atoms with E-state index in [1.807, 2.05) is 0 Å². The van der Waals surface area contributed by atoms with Gasteiger partial charge in [0.1, 0.15) is 0 Å². The number of hydrogen-bond donors (Lipinski definition) is 1. The number of nitrogens with one attached hydrogen (secondary N) is 1. The van der Waals surface area contributed by atoms with E-state index >= 15 is 0 Å². The van der Waals surface area contributed by atoms with Gasteiger partial charge in [-0.3, -0.25) is 9.59 Å². The van der Waals surface area contributed by atoms with Crippen molar-refractivity contribution in [2.45, 2.75) is 6.92 Å². The van der Waals surface area contributed by atoms with E-state index in [1.54, 1.807) is 0 Å². The van der Waals surface area contributed by atoms with Crippen molar-refractivity contribution in [3.63, 3.8) is 0 Å². The molecule has 74 valence electrons. The zero-order valence-corrected chi connectivity index (χ0v) is 8.82. The van der Waals surface area contributed by atoms with Crippen molar-refractivity contribution >= 4 is 41.1 Å². The minimum absolute atomic E-state index is 0.219. The Morgan fingerprint density at radius 2 is 1.86 bits per heavy atom. The molecule has 14 heavy (non-hydrogen) atoms. The Morgan fingerprint density at radius 1 is 1.36 bits per heavy atom. The molecule has 0 saturated heterocycles. The number of carbonyl (C=O) groups is 2. The van der Waals surface area contributed by atoms with Crippen LogP contribution in [0.4, 0.5) is 5.69 Å². The summed E-state index contributed by atoms with van der Waals surface area (Å²) in [6.45, 7) is 1.37. The quantitative estimate of drug-likeness (QED) is 0.797. The number of benzene rings is 1. The first-order chi connectivity index (χ1) is 6.54. The van der Waals surface area contributed by atoms with Crippen LogP contribution >= 0.6 is 23.2 Å². The third-order valence-electron chi connectivity index (χ3n) is 1.52. The van der Waals surface area contributed by atoms with E-state index in [9.17, 15) is 9.59 Å². The molecule has 1 aromatic rings. The number of aldehydes is 1. The maximum atomic E-state index is 10.7. The minimum Gasteiger partial charge on any atom is -0.326 e. The van der Waals surface area contributed by atoms with Gasteiger partial charge in [0, 0.05) is 12.6 Å². The summed E-state index contributed by atoms with van der Waals surface area (Å²) in [5.74, 6) is -0.226. The van der Waals surface area contributed by atoms with E-state index in [4.69, 9.17) is 23.2 Å². The van der Waals surface area contributed by atoms with Gasteiger partial charge in [0.25, 0.3) is 0 Å². The molecule has 5 heteroatoms. The Hall–Kier alpha value is -1.06. The van der Waals surface area contributed by atoms with Gasteiger partial charge in [0.2, 0.25) is 5.91 Å². The molecule has 0 aliphatic carbocycles. The number of halogens is 2. The van der Waals surface area contributed by atoms with Crippen LogP contribution in [0.2, 0.25) is 10.0 Å². The lowest BCUT2D eigenvalue weighted by Crippen LogP contribution is -2.06. The second-order valence-electron chi connectivity index (χ2n) is 2.65. The van der Waals surface area contributed by atoms with Gasteiger partial charge in [-0.25, -0.2) is 0 Å². The molecule has 1 aromatic carbocycles. The summed E-state index contributed by atoms with van der Waals surface area (Å²) in [5, 5.41) is 2.95. The molecule has 0 aliphatic heterocycles. The first kappa shape index (κ1) is 11.0. The molecule has 0 radical (unpaired) electrons. The van der Waals surface area contributed by atoms with Gasteiger partial charge in [-0.15, -0.1) is 0 Å². The zero-order chi connectivity index (χ0) is 10.7. The summed E-state index contributed by atoms with van der Waals surface area (Å²) < 4.78 is 0. The van der Waals surface area contributed by atoms with Crippen LogP contribution in [0.25, 0.3) is 0 Å². The maximum absolute atomic E-state index is 10.7. The predicted octanol–water partition coefficient (Wildman–Crippen LogP) is 2.76. The third kappa shape index (κ3) is 2.47. The summed E-state index contributed by atoms with van der Waals surface area (Å²) in [4.78, 5) is 21.2. The van der Waals surface area contributed by atoms with Crippen LogP contribution in [0.5, 0.6) is 0 Å². The molecule has 1 N–H and O–H groups in total. The highest BCUT2D eigenvalue weighted by atomic mass is 35.5. The van der Waals surface area contributed by atoms with Gasteiger partial charge in [-0.1, -0.05) is 23.2 Å². The second-order valence-corrected chi connectivity index (χ2v) is 3.47. The average Bonchev–Trinajstić information content (AvgIpc) is 2.01. The number of rotatable bonds is 2. The number of amides is 1. The molecule has 0 saturated carbocycles. The lowest BCUT2D eigenvalue weighted by molar-refractivity contribution is -0.114. The number of carbonyl (C=O) groups excluding carboxylic acids is 2. The topological polar surface area (TPSA) is 46.2 Å². The van der Waals surface area contributed by atoms with Crippen LogP contribution in [0.3, 0.4) is 0 Å². The molecule has 0 unspecified atom stereocenters. The van der Waals surface area contributed by atoms with Crippen LogP contribution in [0.1, 0.15) is 17.3 Å². The Balaban J connectivity index is 3.13. The van der Waals surface area contributed by atoms with E-state index in [0.717, 1.165) is 0 Å². The lowest BCUT2D eigenvalue weighted by Gasteiger charge is -2.05. The molecule has 1 amide bonds. The Bertz CT molecular complexity index is 367. The standard InChI is InChI=1S/C9H7Cl2NO2/c1-5(14)12-6-2-8(10)7(4-13)9(11)3-6/h2-4H,1H3,(H,12,14). The fourth-order valence-corrected chi connectivity index (χ4v) is 1.55. The monoisotopic (exact) mass is 231 g/mol. The molecular weight excluding hydrogens is 225 g/mol. The summed E-state index contributed by atoms with van der Waals surface area (Å²) in [6.07, 6.45) is 0.572. The maximum Gasteiger partial charge on any atom is 0.221 e. The molecule has 0 heterocycles. The first-order valence-corrected chi connectivity index (χ1v) is 4.52. The molecule has 0 bridgehead atoms. The van der Waals surface area contributed by atoms with Crippen molar-refractivity contribution in [3.8, 4) is 0 Å². The van der Waals surface area contributed by atoms with E-state index in [-0.39, 0.29) is 21.5 Å². The minimum atomic E-state index is -0.226. The van der Waals surface area contributed by atoms with Crippen molar-refractivity contribution in [2.24, 2.45) is 0 Å². The Kier molecular flexibility index (Phi) is 3.49. The number of anilines is 1. The molecular formula is C9H7Cl2NO2. The van der Waals surface area contributed by atoms with E-state index in [0.29, 0.717) is 12.0 Å². The summed E-state index contributed by atoms with van der Waals surface area (Å²) >= 11 is 11.5. The van der Waals surface area contributed by atoms with Crippen molar-refractivity contribution in [2.75, 3.05) is 5.32 Å². The van der Waals surface area contributed by atoms with Crippen LogP contribution in [0, 0.1) is 0 Å². The van der Waals surface area contributed by atoms with Crippen molar-refractivity contribution in [3.05, 3.63) is 27.7 Å². The molecule has 0 atom stereocenters. The highest BCUT2D eigenvalue weighted by Crippen LogP contribution is 2.27. The average molecular weight is 232 g/mol. The Morgan fingerprint density at radius 3 is 2.21 bits per heavy atom. The van der Waals surface area contributed by atoms with Crippen LogP contribution in [0.15, 0.2) is 12.1 Å². The smallest absolute Gasteiger partial charge is 0.221 e. The highest BCUT2D eigenvalue weighted by molar-refractivity contribution is 6.39. The summed E-state index contributed by atoms with van der Waals surface area (Å²) in [7, 11) is 0. The van der Waals surface area contributed by atoms with Crippen molar-refractivity contribution in [1.29, 1.82) is 0 Å². The lowest BCUT2D eigenvalue weighted by atomic mass is 10.2. The van der Waals surface area contributed by atoms with Gasteiger partial charge >= 0.3 is 0 Å². The third-order valence-corrected chi connectivity index (χ3v) is 2.14. The zero-order valence-electron chi connectivity index (χ0n) is 7.30. The van der Waals surface area contributed by atoms with E-state index < -0.39 is 0 Å². The molecule has 0 aliphatic rings. The second kappa shape index (κ2) is 4.44. The van der Waals surface area contributed by atoms with Gasteiger partial charge in [0.15, 0.2) is 6.29 Å². The highest BCUT2D eigenvalue weighted by Gasteiger charge is 2.07. The van der Waals surface area contributed by atoms with Crippen molar-refractivity contribution < 1.29 is 9.59 Å². The SMILES string of the molecule is CC(=O)Nc1cc(Cl)c(C=O)c(Cl)c1. The predicted molar refractivity (Wildman–Crippen MR) is 56.2 cm³/mol. The fraction of sp³-hybridized carbons (Fsp3) is 0.111. The summed E-state index contributed by atoms with van der Waals surface area (Å²) in [5.41, 5.74) is 0.695. The molecule has 0 spiro atoms. The van der Waals surface area contributed by atoms with Crippen LogP contribution < -0.4 is 5.32 Å². The number of hydrogen-bond acceptors (Lipinski definition) is 2. The largest absolute Gasteiger partial charge is 0.326 e. The first-order valence-electron chi connectivity index (χ1n) is 3.76. The normalized spacial score (nSPS) is 9.64. The fourth-order valence-electron chi connectivity index (χ4n) is 0.972. The molecule has 0 fully saturated rings. The molecule has 0 aromatic heterocycles. The van der Waals surface area contributed by atoms with E-state index in [2.05, 4.69) is 5.32 Å². The summed E-state index contributed by atoms with van der Waals surface area (Å²) in [6, 6.07) is 2.94. The van der Waals surface area contributed by atoms with Gasteiger partial charge in [-0.2, -0.15) is 0 Å². The van der Waals surface area contributed by atoms with Crippen LogP contribution in [-0.4, -0.2) is 12.2 Å². The van der Waals surface area contributed by atoms with Gasteiger partial charge in [0.05, 0.1) is 15.6 Å². The van der Waals surface area contributed by atoms with E-state index in [1.165, 1.54) is 19.1 Å². The van der Waals surface area contributed by atoms with Crippen molar-refractivity contribution in [1.82, 2.24) is 0 Å².